The van der Waals surface area contributed by atoms with Crippen LogP contribution in [-0.4, -0.2) is 67.9 Å². The molecule has 1 aromatic heterocycles. The van der Waals surface area contributed by atoms with Gasteiger partial charge in [0.15, 0.2) is 6.29 Å². The number of hydrazine groups is 1. The van der Waals surface area contributed by atoms with Gasteiger partial charge < -0.3 is 15.0 Å². The molecule has 10 heteroatoms. The SMILES string of the molecule is CN(C)C1N=CN(c2ccc(Nc3nccc(-c4cc(C#N)cc(N5CCOCC5)c4)n3)cc2)N1. The summed E-state index contributed by atoms with van der Waals surface area (Å²) in [6, 6.07) is 17.9. The van der Waals surface area contributed by atoms with Crippen molar-refractivity contribution >= 4 is 29.3 Å². The topological polar surface area (TPSA) is 105 Å². The predicted molar refractivity (Wildman–Crippen MR) is 137 cm³/mol. The number of hydrogen-bond acceptors (Lipinski definition) is 10. The summed E-state index contributed by atoms with van der Waals surface area (Å²) in [5.74, 6) is 0.485. The lowest BCUT2D eigenvalue weighted by Crippen LogP contribution is -2.44. The zero-order valence-electron chi connectivity index (χ0n) is 19.7. The minimum absolute atomic E-state index is 0.0766. The highest BCUT2D eigenvalue weighted by atomic mass is 16.5. The third kappa shape index (κ3) is 5.22. The second-order valence-electron chi connectivity index (χ2n) is 8.52. The quantitative estimate of drug-likeness (QED) is 0.564. The molecule has 0 radical (unpaired) electrons. The number of morpholine rings is 1. The van der Waals surface area contributed by atoms with Crippen LogP contribution < -0.4 is 20.7 Å². The number of benzene rings is 2. The number of nitrogens with one attached hydrogen (secondary N) is 2. The first-order valence-corrected chi connectivity index (χ1v) is 11.4. The number of aromatic nitrogens is 2. The molecule has 0 bridgehead atoms. The summed E-state index contributed by atoms with van der Waals surface area (Å²) in [6.45, 7) is 2.97. The maximum absolute atomic E-state index is 9.57. The summed E-state index contributed by atoms with van der Waals surface area (Å²) >= 11 is 0. The summed E-state index contributed by atoms with van der Waals surface area (Å²) in [5.41, 5.74) is 8.36. The molecule has 2 aliphatic heterocycles. The normalized spacial score (nSPS) is 17.6. The number of nitrogens with zero attached hydrogens (tertiary/aromatic N) is 7. The lowest BCUT2D eigenvalue weighted by atomic mass is 10.1. The second-order valence-corrected chi connectivity index (χ2v) is 8.52. The number of hydrogen-bond donors (Lipinski definition) is 2. The zero-order chi connectivity index (χ0) is 24.2. The van der Waals surface area contributed by atoms with Gasteiger partial charge in [-0.05, 0) is 62.6 Å². The van der Waals surface area contributed by atoms with Crippen LogP contribution in [0.5, 0.6) is 0 Å². The van der Waals surface area contributed by atoms with Gasteiger partial charge >= 0.3 is 0 Å². The monoisotopic (exact) mass is 469 g/mol. The Morgan fingerprint density at radius 3 is 2.60 bits per heavy atom. The van der Waals surface area contributed by atoms with Crippen LogP contribution in [0.25, 0.3) is 11.3 Å². The molecular formula is C25H27N9O. The minimum Gasteiger partial charge on any atom is -0.378 e. The first-order chi connectivity index (χ1) is 17.1. The highest BCUT2D eigenvalue weighted by Gasteiger charge is 2.19. The number of nitriles is 1. The Morgan fingerprint density at radius 1 is 1.09 bits per heavy atom. The Balaban J connectivity index is 1.33. The maximum atomic E-state index is 9.57. The van der Waals surface area contributed by atoms with E-state index >= 15 is 0 Å². The smallest absolute Gasteiger partial charge is 0.227 e. The number of ether oxygens (including phenoxy) is 1. The van der Waals surface area contributed by atoms with Gasteiger partial charge in [-0.15, -0.1) is 0 Å². The van der Waals surface area contributed by atoms with Crippen LogP contribution in [0, 0.1) is 11.3 Å². The van der Waals surface area contributed by atoms with Gasteiger partial charge in [0.2, 0.25) is 5.95 Å². The highest BCUT2D eigenvalue weighted by molar-refractivity contribution is 5.80. The van der Waals surface area contributed by atoms with E-state index in [2.05, 4.69) is 37.8 Å². The molecule has 1 unspecified atom stereocenters. The van der Waals surface area contributed by atoms with Gasteiger partial charge in [-0.3, -0.25) is 9.91 Å². The molecule has 35 heavy (non-hydrogen) atoms. The van der Waals surface area contributed by atoms with Crippen molar-refractivity contribution < 1.29 is 4.74 Å². The van der Waals surface area contributed by atoms with E-state index in [0.717, 1.165) is 41.4 Å². The van der Waals surface area contributed by atoms with E-state index in [1.807, 2.05) is 66.5 Å². The third-order valence-corrected chi connectivity index (χ3v) is 5.84. The van der Waals surface area contributed by atoms with Gasteiger partial charge in [0.1, 0.15) is 6.34 Å². The summed E-state index contributed by atoms with van der Waals surface area (Å²) in [7, 11) is 3.94. The maximum Gasteiger partial charge on any atom is 0.227 e. The number of anilines is 4. The van der Waals surface area contributed by atoms with Gasteiger partial charge in [-0.25, -0.2) is 15.0 Å². The summed E-state index contributed by atoms with van der Waals surface area (Å²) in [5, 5.41) is 14.7. The molecule has 3 aromatic rings. The van der Waals surface area contributed by atoms with Crippen LogP contribution in [0.3, 0.4) is 0 Å². The van der Waals surface area contributed by atoms with Crippen LogP contribution in [0.4, 0.5) is 23.0 Å². The van der Waals surface area contributed by atoms with E-state index in [1.165, 1.54) is 0 Å². The van der Waals surface area contributed by atoms with Gasteiger partial charge in [0.05, 0.1) is 36.2 Å². The Morgan fingerprint density at radius 2 is 1.89 bits per heavy atom. The summed E-state index contributed by atoms with van der Waals surface area (Å²) < 4.78 is 5.47. The molecule has 1 atom stereocenters. The van der Waals surface area contributed by atoms with Crippen molar-refractivity contribution in [3.05, 3.63) is 60.3 Å². The van der Waals surface area contributed by atoms with Crippen molar-refractivity contribution in [2.45, 2.75) is 6.29 Å². The van der Waals surface area contributed by atoms with E-state index in [9.17, 15) is 5.26 Å². The van der Waals surface area contributed by atoms with Crippen molar-refractivity contribution in [2.24, 2.45) is 4.99 Å². The van der Waals surface area contributed by atoms with E-state index in [1.54, 1.807) is 12.5 Å². The van der Waals surface area contributed by atoms with E-state index in [-0.39, 0.29) is 6.29 Å². The fourth-order valence-electron chi connectivity index (χ4n) is 3.95. The van der Waals surface area contributed by atoms with Crippen molar-refractivity contribution in [1.29, 1.82) is 5.26 Å². The van der Waals surface area contributed by atoms with E-state index < -0.39 is 0 Å². The van der Waals surface area contributed by atoms with E-state index in [0.29, 0.717) is 24.7 Å². The van der Waals surface area contributed by atoms with Crippen molar-refractivity contribution in [3.8, 4) is 17.3 Å². The molecule has 3 heterocycles. The number of aliphatic imine (C=N–C) groups is 1. The molecule has 1 saturated heterocycles. The molecule has 178 valence electrons. The second kappa shape index (κ2) is 10.1. The molecule has 1 fully saturated rings. The molecule has 5 rings (SSSR count). The van der Waals surface area contributed by atoms with Crippen LogP contribution in [0.1, 0.15) is 5.56 Å². The average molecular weight is 470 g/mol. The first-order valence-electron chi connectivity index (χ1n) is 11.4. The van der Waals surface area contributed by atoms with E-state index in [4.69, 9.17) is 9.72 Å². The fourth-order valence-corrected chi connectivity index (χ4v) is 3.95. The Kier molecular flexibility index (Phi) is 6.54. The van der Waals surface area contributed by atoms with Gasteiger partial charge in [0.25, 0.3) is 0 Å². The predicted octanol–water partition coefficient (Wildman–Crippen LogP) is 2.79. The third-order valence-electron chi connectivity index (χ3n) is 5.84. The minimum atomic E-state index is -0.0766. The summed E-state index contributed by atoms with van der Waals surface area (Å²) in [6.07, 6.45) is 3.42. The van der Waals surface area contributed by atoms with Gasteiger partial charge in [0, 0.05) is 36.2 Å². The molecule has 0 amide bonds. The Hall–Kier alpha value is -4.04. The van der Waals surface area contributed by atoms with Crippen LogP contribution >= 0.6 is 0 Å². The Labute approximate surface area is 204 Å². The Bertz CT molecular complexity index is 1250. The molecule has 0 aliphatic carbocycles. The molecular weight excluding hydrogens is 442 g/mol. The molecule has 2 N–H and O–H groups in total. The van der Waals surface area contributed by atoms with Crippen molar-refractivity contribution in [3.63, 3.8) is 0 Å². The molecule has 0 spiro atoms. The van der Waals surface area contributed by atoms with Crippen LogP contribution in [0.15, 0.2) is 59.7 Å². The first kappa shape index (κ1) is 22.7. The van der Waals surface area contributed by atoms with Crippen molar-refractivity contribution in [1.82, 2.24) is 20.3 Å². The average Bonchev–Trinajstić information content (AvgIpc) is 3.40. The lowest BCUT2D eigenvalue weighted by Gasteiger charge is -2.29. The summed E-state index contributed by atoms with van der Waals surface area (Å²) in [4.78, 5) is 17.7. The standard InChI is InChI=1S/C25H27N9O/c1-32(2)25-28-17-34(31-25)21-5-3-20(4-6-21)29-24-27-8-7-23(30-24)19-13-18(16-26)14-22(15-19)33-9-11-35-12-10-33/h3-8,13-15,17,25,31H,9-12H2,1-2H3,(H,27,29,30). The molecule has 2 aromatic carbocycles. The lowest BCUT2D eigenvalue weighted by molar-refractivity contribution is 0.122. The van der Waals surface area contributed by atoms with Gasteiger partial charge in [-0.1, -0.05) is 0 Å². The zero-order valence-corrected chi connectivity index (χ0v) is 19.7. The van der Waals surface area contributed by atoms with Crippen LogP contribution in [0.2, 0.25) is 0 Å². The molecule has 2 aliphatic rings. The fraction of sp³-hybridized carbons (Fsp3) is 0.280. The van der Waals surface area contributed by atoms with Crippen LogP contribution in [-0.2, 0) is 4.74 Å². The van der Waals surface area contributed by atoms with Crippen molar-refractivity contribution in [2.75, 3.05) is 55.6 Å². The van der Waals surface area contributed by atoms with Gasteiger partial charge in [-0.2, -0.15) is 10.7 Å². The number of rotatable bonds is 6. The molecule has 10 nitrogen and oxygen atoms in total. The highest BCUT2D eigenvalue weighted by Crippen LogP contribution is 2.27. The largest absolute Gasteiger partial charge is 0.378 e. The molecule has 0 saturated carbocycles.